The van der Waals surface area contributed by atoms with Crippen molar-refractivity contribution in [1.82, 2.24) is 4.90 Å². The summed E-state index contributed by atoms with van der Waals surface area (Å²) in [7, 11) is 1.32. The first kappa shape index (κ1) is 13.0. The molecule has 1 aliphatic heterocycles. The number of nitrogens with zero attached hydrogens (tertiary/aromatic N) is 1. The highest BCUT2D eigenvalue weighted by molar-refractivity contribution is 5.87. The summed E-state index contributed by atoms with van der Waals surface area (Å²) in [5.41, 5.74) is -0.496. The van der Waals surface area contributed by atoms with Gasteiger partial charge in [-0.25, -0.2) is 4.79 Å². The predicted molar refractivity (Wildman–Crippen MR) is 57.8 cm³/mol. The van der Waals surface area contributed by atoms with Crippen molar-refractivity contribution in [2.45, 2.75) is 26.8 Å². The molecule has 1 heterocycles. The molecule has 1 rings (SSSR count). The van der Waals surface area contributed by atoms with Crippen LogP contribution in [-0.4, -0.2) is 49.7 Å². The number of amides is 1. The van der Waals surface area contributed by atoms with Crippen molar-refractivity contribution in [3.8, 4) is 0 Å². The molecule has 0 aliphatic carbocycles. The van der Waals surface area contributed by atoms with Crippen LogP contribution in [0, 0.1) is 5.41 Å². The van der Waals surface area contributed by atoms with Crippen molar-refractivity contribution in [3.05, 3.63) is 0 Å². The highest BCUT2D eigenvalue weighted by Gasteiger charge is 2.37. The van der Waals surface area contributed by atoms with Crippen LogP contribution in [-0.2, 0) is 19.1 Å². The summed E-state index contributed by atoms with van der Waals surface area (Å²) in [6.45, 7) is 6.62. The summed E-state index contributed by atoms with van der Waals surface area (Å²) in [5, 5.41) is 0. The minimum absolute atomic E-state index is 0.0498. The second-order valence-electron chi connectivity index (χ2n) is 4.86. The smallest absolute Gasteiger partial charge is 0.331 e. The van der Waals surface area contributed by atoms with Crippen LogP contribution >= 0.6 is 0 Å². The van der Waals surface area contributed by atoms with Crippen LogP contribution in [0.25, 0.3) is 0 Å². The third-order valence-corrected chi connectivity index (χ3v) is 2.50. The molecule has 1 atom stereocenters. The minimum atomic E-state index is -0.606. The van der Waals surface area contributed by atoms with E-state index in [9.17, 15) is 9.59 Å². The Morgan fingerprint density at radius 3 is 2.50 bits per heavy atom. The molecule has 0 radical (unpaired) electrons. The second kappa shape index (κ2) is 4.82. The molecule has 0 unspecified atom stereocenters. The second-order valence-corrected chi connectivity index (χ2v) is 4.86. The summed E-state index contributed by atoms with van der Waals surface area (Å²) < 4.78 is 9.87. The van der Waals surface area contributed by atoms with E-state index in [1.54, 1.807) is 4.90 Å². The molecule has 0 spiro atoms. The van der Waals surface area contributed by atoms with Crippen molar-refractivity contribution in [2.24, 2.45) is 5.41 Å². The average Bonchev–Trinajstić information content (AvgIpc) is 2.25. The fourth-order valence-corrected chi connectivity index (χ4v) is 1.61. The van der Waals surface area contributed by atoms with Crippen LogP contribution < -0.4 is 0 Å². The third kappa shape index (κ3) is 2.72. The molecule has 92 valence electrons. The third-order valence-electron chi connectivity index (χ3n) is 2.50. The Bertz CT molecular complexity index is 282. The van der Waals surface area contributed by atoms with Gasteiger partial charge in [0, 0.05) is 12.0 Å². The van der Waals surface area contributed by atoms with E-state index in [0.29, 0.717) is 13.2 Å². The number of ether oxygens (including phenoxy) is 2. The maximum absolute atomic E-state index is 12.1. The lowest BCUT2D eigenvalue weighted by molar-refractivity contribution is -0.164. The Hall–Kier alpha value is -1.10. The van der Waals surface area contributed by atoms with Crippen molar-refractivity contribution in [1.29, 1.82) is 0 Å². The van der Waals surface area contributed by atoms with Gasteiger partial charge < -0.3 is 14.4 Å². The molecule has 0 aromatic heterocycles. The van der Waals surface area contributed by atoms with Crippen molar-refractivity contribution in [2.75, 3.05) is 26.9 Å². The van der Waals surface area contributed by atoms with Crippen LogP contribution in [0.5, 0.6) is 0 Å². The van der Waals surface area contributed by atoms with E-state index in [2.05, 4.69) is 4.74 Å². The minimum Gasteiger partial charge on any atom is -0.467 e. The Morgan fingerprint density at radius 1 is 1.38 bits per heavy atom. The van der Waals surface area contributed by atoms with Crippen LogP contribution in [0.3, 0.4) is 0 Å². The molecule has 1 aliphatic rings. The van der Waals surface area contributed by atoms with Gasteiger partial charge in [0.15, 0.2) is 6.04 Å². The molecule has 5 nitrogen and oxygen atoms in total. The largest absolute Gasteiger partial charge is 0.467 e. The topological polar surface area (TPSA) is 55.8 Å². The highest BCUT2D eigenvalue weighted by Crippen LogP contribution is 2.21. The van der Waals surface area contributed by atoms with Crippen LogP contribution in [0.15, 0.2) is 0 Å². The van der Waals surface area contributed by atoms with Crippen LogP contribution in [0.4, 0.5) is 0 Å². The van der Waals surface area contributed by atoms with Gasteiger partial charge in [-0.05, 0) is 0 Å². The van der Waals surface area contributed by atoms with Gasteiger partial charge in [0.05, 0.1) is 20.3 Å². The van der Waals surface area contributed by atoms with E-state index in [4.69, 9.17) is 4.74 Å². The van der Waals surface area contributed by atoms with Crippen molar-refractivity contribution < 1.29 is 19.1 Å². The lowest BCUT2D eigenvalue weighted by atomic mass is 9.93. The van der Waals surface area contributed by atoms with Gasteiger partial charge >= 0.3 is 5.97 Å². The lowest BCUT2D eigenvalue weighted by Gasteiger charge is -2.37. The molecule has 0 aromatic carbocycles. The quantitative estimate of drug-likeness (QED) is 0.612. The van der Waals surface area contributed by atoms with Gasteiger partial charge in [-0.3, -0.25) is 4.79 Å². The Kier molecular flexibility index (Phi) is 3.91. The maximum atomic E-state index is 12.1. The molecular formula is C11H19NO4. The van der Waals surface area contributed by atoms with Crippen LogP contribution in [0.1, 0.15) is 20.8 Å². The Morgan fingerprint density at radius 2 is 2.00 bits per heavy atom. The molecular weight excluding hydrogens is 210 g/mol. The van der Waals surface area contributed by atoms with Gasteiger partial charge in [0.25, 0.3) is 0 Å². The van der Waals surface area contributed by atoms with Gasteiger partial charge in [-0.15, -0.1) is 0 Å². The summed E-state index contributed by atoms with van der Waals surface area (Å²) in [5.74, 6) is -0.469. The summed E-state index contributed by atoms with van der Waals surface area (Å²) in [4.78, 5) is 25.2. The predicted octanol–water partition coefficient (Wildman–Crippen LogP) is 0.433. The number of carbonyl (C=O) groups is 2. The molecule has 0 N–H and O–H groups in total. The molecule has 0 saturated carbocycles. The first-order valence-electron chi connectivity index (χ1n) is 5.34. The van der Waals surface area contributed by atoms with E-state index < -0.39 is 17.4 Å². The fourth-order valence-electron chi connectivity index (χ4n) is 1.61. The number of methoxy groups -OCH3 is 1. The molecule has 1 amide bonds. The Labute approximate surface area is 95.7 Å². The molecule has 5 heteroatoms. The summed E-state index contributed by atoms with van der Waals surface area (Å²) in [6.07, 6.45) is 0. The number of morpholine rings is 1. The highest BCUT2D eigenvalue weighted by atomic mass is 16.5. The van der Waals surface area contributed by atoms with Gasteiger partial charge in [0.1, 0.15) is 0 Å². The number of rotatable bonds is 1. The first-order chi connectivity index (χ1) is 7.38. The standard InChI is InChI=1S/C11H19NO4/c1-11(2,3)10(14)12-5-6-16-7-8(12)9(13)15-4/h8H,5-7H2,1-4H3/t8-/m1/s1. The molecule has 16 heavy (non-hydrogen) atoms. The maximum Gasteiger partial charge on any atom is 0.331 e. The van der Waals surface area contributed by atoms with E-state index in [1.807, 2.05) is 20.8 Å². The number of hydrogen-bond acceptors (Lipinski definition) is 4. The molecule has 1 fully saturated rings. The van der Waals surface area contributed by atoms with Crippen LogP contribution in [0.2, 0.25) is 0 Å². The zero-order valence-electron chi connectivity index (χ0n) is 10.3. The van der Waals surface area contributed by atoms with Crippen molar-refractivity contribution >= 4 is 11.9 Å². The zero-order chi connectivity index (χ0) is 12.3. The van der Waals surface area contributed by atoms with Crippen molar-refractivity contribution in [3.63, 3.8) is 0 Å². The van der Waals surface area contributed by atoms with E-state index in [0.717, 1.165) is 0 Å². The molecule has 0 bridgehead atoms. The monoisotopic (exact) mass is 229 g/mol. The van der Waals surface area contributed by atoms with E-state index >= 15 is 0 Å². The SMILES string of the molecule is COC(=O)[C@H]1COCCN1C(=O)C(C)(C)C. The summed E-state index contributed by atoms with van der Waals surface area (Å²) >= 11 is 0. The first-order valence-corrected chi connectivity index (χ1v) is 5.34. The van der Waals surface area contributed by atoms with Gasteiger partial charge in [0.2, 0.25) is 5.91 Å². The number of carbonyl (C=O) groups excluding carboxylic acids is 2. The number of hydrogen-bond donors (Lipinski definition) is 0. The molecule has 0 aromatic rings. The molecule has 1 saturated heterocycles. The fraction of sp³-hybridized carbons (Fsp3) is 0.818. The average molecular weight is 229 g/mol. The summed E-state index contributed by atoms with van der Waals surface area (Å²) in [6, 6.07) is -0.606. The lowest BCUT2D eigenvalue weighted by Crippen LogP contribution is -2.55. The van der Waals surface area contributed by atoms with Gasteiger partial charge in [-0.1, -0.05) is 20.8 Å². The van der Waals surface area contributed by atoms with E-state index in [-0.39, 0.29) is 12.5 Å². The number of esters is 1. The van der Waals surface area contributed by atoms with E-state index in [1.165, 1.54) is 7.11 Å². The zero-order valence-corrected chi connectivity index (χ0v) is 10.3. The Balaban J connectivity index is 2.82. The van der Waals surface area contributed by atoms with Gasteiger partial charge in [-0.2, -0.15) is 0 Å². The normalized spacial score (nSPS) is 21.8.